The molecule has 0 fully saturated rings. The molecule has 126 valence electrons. The van der Waals surface area contributed by atoms with Gasteiger partial charge in [0.15, 0.2) is 11.5 Å². The summed E-state index contributed by atoms with van der Waals surface area (Å²) in [6.07, 6.45) is 4.75. The number of ether oxygens (including phenoxy) is 2. The van der Waals surface area contributed by atoms with E-state index in [9.17, 15) is 4.79 Å². The number of amides is 1. The summed E-state index contributed by atoms with van der Waals surface area (Å²) >= 11 is 0. The van der Waals surface area contributed by atoms with Crippen molar-refractivity contribution < 1.29 is 14.3 Å². The molecule has 1 aliphatic rings. The third kappa shape index (κ3) is 3.47. The van der Waals surface area contributed by atoms with Crippen molar-refractivity contribution in [2.75, 3.05) is 12.1 Å². The van der Waals surface area contributed by atoms with E-state index in [4.69, 9.17) is 9.47 Å². The zero-order valence-corrected chi connectivity index (χ0v) is 13.5. The molecule has 1 aliphatic heterocycles. The van der Waals surface area contributed by atoms with Crippen LogP contribution in [0.1, 0.15) is 12.0 Å². The van der Waals surface area contributed by atoms with Crippen molar-refractivity contribution in [2.45, 2.75) is 12.8 Å². The molecule has 6 nitrogen and oxygen atoms in total. The number of carbonyl (C=O) groups excluding carboxylic acids is 1. The molecule has 1 amide bonds. The van der Waals surface area contributed by atoms with Crippen LogP contribution in [-0.2, 0) is 11.2 Å². The van der Waals surface area contributed by atoms with Gasteiger partial charge in [0.1, 0.15) is 0 Å². The van der Waals surface area contributed by atoms with Gasteiger partial charge >= 0.3 is 0 Å². The number of hydrogen-bond acceptors (Lipinski definition) is 4. The smallest absolute Gasteiger partial charge is 0.231 e. The van der Waals surface area contributed by atoms with E-state index in [1.807, 2.05) is 41.2 Å². The predicted molar refractivity (Wildman–Crippen MR) is 93.1 cm³/mol. The number of para-hydroxylation sites is 1. The first-order valence-electron chi connectivity index (χ1n) is 8.06. The number of nitrogens with one attached hydrogen (secondary N) is 1. The van der Waals surface area contributed by atoms with E-state index in [1.165, 1.54) is 0 Å². The van der Waals surface area contributed by atoms with Crippen molar-refractivity contribution in [3.63, 3.8) is 0 Å². The van der Waals surface area contributed by atoms with Gasteiger partial charge < -0.3 is 14.8 Å². The fraction of sp³-hybridized carbons (Fsp3) is 0.158. The number of aryl methyl sites for hydroxylation is 1. The number of anilines is 1. The van der Waals surface area contributed by atoms with Crippen LogP contribution in [0.3, 0.4) is 0 Å². The molecule has 4 rings (SSSR count). The molecule has 2 heterocycles. The van der Waals surface area contributed by atoms with Crippen molar-refractivity contribution in [3.8, 4) is 17.2 Å². The molecule has 0 saturated carbocycles. The molecule has 0 unspecified atom stereocenters. The Morgan fingerprint density at radius 3 is 2.84 bits per heavy atom. The van der Waals surface area contributed by atoms with Crippen LogP contribution in [0.4, 0.5) is 5.69 Å². The molecule has 0 radical (unpaired) electrons. The van der Waals surface area contributed by atoms with E-state index in [-0.39, 0.29) is 12.7 Å². The minimum Gasteiger partial charge on any atom is -0.454 e. The van der Waals surface area contributed by atoms with Gasteiger partial charge in [0.25, 0.3) is 0 Å². The van der Waals surface area contributed by atoms with E-state index in [1.54, 1.807) is 24.4 Å². The predicted octanol–water partition coefficient (Wildman–Crippen LogP) is 3.17. The van der Waals surface area contributed by atoms with Crippen molar-refractivity contribution >= 4 is 11.6 Å². The Morgan fingerprint density at radius 2 is 1.96 bits per heavy atom. The van der Waals surface area contributed by atoms with Crippen LogP contribution < -0.4 is 14.8 Å². The lowest BCUT2D eigenvalue weighted by atomic mass is 10.2. The van der Waals surface area contributed by atoms with Gasteiger partial charge in [-0.05, 0) is 36.2 Å². The molecule has 25 heavy (non-hydrogen) atoms. The highest BCUT2D eigenvalue weighted by Gasteiger charge is 2.14. The Balaban J connectivity index is 1.34. The number of benzene rings is 2. The third-order valence-electron chi connectivity index (χ3n) is 3.95. The topological polar surface area (TPSA) is 65.4 Å². The van der Waals surface area contributed by atoms with Gasteiger partial charge in [0.05, 0.1) is 11.9 Å². The summed E-state index contributed by atoms with van der Waals surface area (Å²) in [6, 6.07) is 15.2. The molecule has 0 aliphatic carbocycles. The van der Waals surface area contributed by atoms with Crippen molar-refractivity contribution in [2.24, 2.45) is 0 Å². The maximum absolute atomic E-state index is 12.2. The maximum Gasteiger partial charge on any atom is 0.231 e. The molecule has 0 bridgehead atoms. The number of hydrogen-bond donors (Lipinski definition) is 1. The summed E-state index contributed by atoms with van der Waals surface area (Å²) in [5.74, 6) is 1.31. The second-order valence-corrected chi connectivity index (χ2v) is 5.74. The third-order valence-corrected chi connectivity index (χ3v) is 3.95. The summed E-state index contributed by atoms with van der Waals surface area (Å²) in [5, 5.41) is 7.22. The molecule has 1 aromatic heterocycles. The number of nitrogens with zero attached hydrogens (tertiary/aromatic N) is 2. The van der Waals surface area contributed by atoms with Gasteiger partial charge in [-0.2, -0.15) is 5.10 Å². The fourth-order valence-electron chi connectivity index (χ4n) is 2.67. The number of rotatable bonds is 5. The van der Waals surface area contributed by atoms with Gasteiger partial charge in [0, 0.05) is 24.4 Å². The van der Waals surface area contributed by atoms with E-state index >= 15 is 0 Å². The molecule has 0 atom stereocenters. The zero-order chi connectivity index (χ0) is 17.1. The Morgan fingerprint density at radius 1 is 1.12 bits per heavy atom. The van der Waals surface area contributed by atoms with E-state index in [0.717, 1.165) is 11.3 Å². The first-order valence-corrected chi connectivity index (χ1v) is 8.06. The lowest BCUT2D eigenvalue weighted by Gasteiger charge is -2.05. The lowest BCUT2D eigenvalue weighted by molar-refractivity contribution is -0.116. The second kappa shape index (κ2) is 6.68. The monoisotopic (exact) mass is 335 g/mol. The number of fused-ring (bicyclic) bond motifs is 1. The maximum atomic E-state index is 12.2. The van der Waals surface area contributed by atoms with Crippen LogP contribution in [-0.4, -0.2) is 22.5 Å². The van der Waals surface area contributed by atoms with Crippen molar-refractivity contribution in [1.29, 1.82) is 0 Å². The quantitative estimate of drug-likeness (QED) is 0.778. The first-order chi connectivity index (χ1) is 12.3. The van der Waals surface area contributed by atoms with E-state index in [2.05, 4.69) is 10.4 Å². The molecule has 2 aromatic carbocycles. The average Bonchev–Trinajstić information content (AvgIpc) is 3.30. The number of aromatic nitrogens is 2. The van der Waals surface area contributed by atoms with E-state index < -0.39 is 0 Å². The molecule has 0 spiro atoms. The normalized spacial score (nSPS) is 12.2. The Hall–Kier alpha value is -3.28. The Kier molecular flexibility index (Phi) is 4.08. The fourth-order valence-corrected chi connectivity index (χ4v) is 2.67. The molecule has 3 aromatic rings. The van der Waals surface area contributed by atoms with Crippen molar-refractivity contribution in [1.82, 2.24) is 9.78 Å². The summed E-state index contributed by atoms with van der Waals surface area (Å²) in [6.45, 7) is 0.220. The molecule has 1 N–H and O–H groups in total. The molecule has 0 saturated heterocycles. The summed E-state index contributed by atoms with van der Waals surface area (Å²) in [5.41, 5.74) is 2.72. The van der Waals surface area contributed by atoms with Crippen LogP contribution in [0, 0.1) is 0 Å². The first kappa shape index (κ1) is 15.3. The van der Waals surface area contributed by atoms with Crippen LogP contribution in [0.5, 0.6) is 11.5 Å². The summed E-state index contributed by atoms with van der Waals surface area (Å²) in [7, 11) is 0. The highest BCUT2D eigenvalue weighted by molar-refractivity contribution is 5.91. The Labute approximate surface area is 145 Å². The van der Waals surface area contributed by atoms with Crippen LogP contribution in [0.2, 0.25) is 0 Å². The number of carbonyl (C=O) groups is 1. The van der Waals surface area contributed by atoms with Gasteiger partial charge in [-0.1, -0.05) is 18.2 Å². The molecular weight excluding hydrogens is 318 g/mol. The van der Waals surface area contributed by atoms with Crippen LogP contribution >= 0.6 is 0 Å². The average molecular weight is 335 g/mol. The molecule has 6 heteroatoms. The largest absolute Gasteiger partial charge is 0.454 e. The second-order valence-electron chi connectivity index (χ2n) is 5.74. The zero-order valence-electron chi connectivity index (χ0n) is 13.5. The van der Waals surface area contributed by atoms with Gasteiger partial charge in [0.2, 0.25) is 12.7 Å². The highest BCUT2D eigenvalue weighted by Crippen LogP contribution is 2.34. The van der Waals surface area contributed by atoms with Crippen LogP contribution in [0.15, 0.2) is 60.9 Å². The standard InChI is InChI=1S/C19H17N3O3/c23-19(21-15-7-8-17-18(10-15)25-13-24-17)9-6-14-11-20-22(12-14)16-4-2-1-3-5-16/h1-5,7-8,10-12H,6,9,13H2,(H,21,23). The minimum atomic E-state index is -0.0497. The van der Waals surface area contributed by atoms with E-state index in [0.29, 0.717) is 30.0 Å². The Bertz CT molecular complexity index is 890. The lowest BCUT2D eigenvalue weighted by Crippen LogP contribution is -2.12. The minimum absolute atomic E-state index is 0.0497. The van der Waals surface area contributed by atoms with Gasteiger partial charge in [-0.25, -0.2) is 4.68 Å². The SMILES string of the molecule is O=C(CCc1cnn(-c2ccccc2)c1)Nc1ccc2c(c1)OCO2. The summed E-state index contributed by atoms with van der Waals surface area (Å²) in [4.78, 5) is 12.2. The van der Waals surface area contributed by atoms with Crippen molar-refractivity contribution in [3.05, 3.63) is 66.5 Å². The van der Waals surface area contributed by atoms with Gasteiger partial charge in [-0.3, -0.25) is 4.79 Å². The highest BCUT2D eigenvalue weighted by atomic mass is 16.7. The van der Waals surface area contributed by atoms with Crippen LogP contribution in [0.25, 0.3) is 5.69 Å². The molecular formula is C19H17N3O3. The van der Waals surface area contributed by atoms with Gasteiger partial charge in [-0.15, -0.1) is 0 Å². The summed E-state index contributed by atoms with van der Waals surface area (Å²) < 4.78 is 12.4.